The fourth-order valence-corrected chi connectivity index (χ4v) is 5.12. The van der Waals surface area contributed by atoms with Gasteiger partial charge in [0.2, 0.25) is 0 Å². The molecule has 5 aromatic rings. The molecular weight excluding hydrogens is 484 g/mol. The standard InChI is InChI=1S/C30H30N2O4S/c1-2-3-4-9-18-34-23-14-16-24(17-15-23)35-19-20-36-27-13-8-5-10-22(27)21-28-29(33)32-26-12-7-6-11-25(26)31-30(32)37-28/h5-8,10-17,21H,2-4,9,18-20H2,1H3/b28-21+. The molecule has 0 radical (unpaired) electrons. The highest BCUT2D eigenvalue weighted by molar-refractivity contribution is 7.15. The van der Waals surface area contributed by atoms with Crippen molar-refractivity contribution in [2.45, 2.75) is 32.6 Å². The summed E-state index contributed by atoms with van der Waals surface area (Å²) in [6, 6.07) is 23.1. The zero-order valence-corrected chi connectivity index (χ0v) is 21.7. The lowest BCUT2D eigenvalue weighted by Crippen LogP contribution is -2.22. The van der Waals surface area contributed by atoms with Crippen molar-refractivity contribution < 1.29 is 14.2 Å². The Morgan fingerprint density at radius 3 is 2.32 bits per heavy atom. The van der Waals surface area contributed by atoms with E-state index in [2.05, 4.69) is 11.9 Å². The van der Waals surface area contributed by atoms with Crippen LogP contribution in [0.3, 0.4) is 0 Å². The zero-order chi connectivity index (χ0) is 25.5. The van der Waals surface area contributed by atoms with Gasteiger partial charge in [0.25, 0.3) is 5.56 Å². The van der Waals surface area contributed by atoms with Crippen LogP contribution in [-0.2, 0) is 0 Å². The maximum Gasteiger partial charge on any atom is 0.274 e. The third-order valence-corrected chi connectivity index (χ3v) is 7.02. The lowest BCUT2D eigenvalue weighted by Gasteiger charge is -2.11. The molecule has 6 nitrogen and oxygen atoms in total. The molecule has 0 aliphatic rings. The summed E-state index contributed by atoms with van der Waals surface area (Å²) >= 11 is 1.38. The Balaban J connectivity index is 1.19. The predicted octanol–water partition coefficient (Wildman–Crippen LogP) is 5.87. The average molecular weight is 515 g/mol. The number of rotatable bonds is 12. The van der Waals surface area contributed by atoms with Gasteiger partial charge >= 0.3 is 0 Å². The van der Waals surface area contributed by atoms with Gasteiger partial charge in [0.15, 0.2) is 4.96 Å². The Labute approximate surface area is 219 Å². The van der Waals surface area contributed by atoms with Crippen molar-refractivity contribution in [1.29, 1.82) is 0 Å². The van der Waals surface area contributed by atoms with Crippen LogP contribution in [0, 0.1) is 0 Å². The molecule has 0 unspecified atom stereocenters. The van der Waals surface area contributed by atoms with Crippen molar-refractivity contribution in [2.75, 3.05) is 19.8 Å². The highest BCUT2D eigenvalue weighted by Crippen LogP contribution is 2.21. The molecular formula is C30H30N2O4S. The highest BCUT2D eigenvalue weighted by atomic mass is 32.1. The molecule has 0 N–H and O–H groups in total. The maximum atomic E-state index is 13.1. The summed E-state index contributed by atoms with van der Waals surface area (Å²) in [5.41, 5.74) is 2.42. The molecule has 0 saturated heterocycles. The minimum Gasteiger partial charge on any atom is -0.494 e. The van der Waals surface area contributed by atoms with E-state index < -0.39 is 0 Å². The van der Waals surface area contributed by atoms with Crippen molar-refractivity contribution in [3.8, 4) is 17.2 Å². The Morgan fingerprint density at radius 1 is 0.811 bits per heavy atom. The first-order valence-corrected chi connectivity index (χ1v) is 13.5. The summed E-state index contributed by atoms with van der Waals surface area (Å²) < 4.78 is 19.9. The molecule has 0 aliphatic carbocycles. The molecule has 0 atom stereocenters. The fraction of sp³-hybridized carbons (Fsp3) is 0.267. The summed E-state index contributed by atoms with van der Waals surface area (Å²) in [5.74, 6) is 2.33. The van der Waals surface area contributed by atoms with Gasteiger partial charge in [0.1, 0.15) is 30.5 Å². The first kappa shape index (κ1) is 24.8. The number of nitrogens with zero attached hydrogens (tertiary/aromatic N) is 2. The number of thiazole rings is 1. The van der Waals surface area contributed by atoms with Gasteiger partial charge in [-0.15, -0.1) is 0 Å². The van der Waals surface area contributed by atoms with E-state index in [9.17, 15) is 4.79 Å². The van der Waals surface area contributed by atoms with Crippen LogP contribution in [0.1, 0.15) is 38.2 Å². The Hall–Kier alpha value is -3.84. The summed E-state index contributed by atoms with van der Waals surface area (Å²) in [5, 5.41) is 0. The molecule has 0 bridgehead atoms. The Bertz CT molecular complexity index is 1570. The highest BCUT2D eigenvalue weighted by Gasteiger charge is 2.11. The number of imidazole rings is 1. The van der Waals surface area contributed by atoms with E-state index in [1.807, 2.05) is 78.9 Å². The third kappa shape index (κ3) is 5.94. The van der Waals surface area contributed by atoms with Gasteiger partial charge in [-0.2, -0.15) is 0 Å². The van der Waals surface area contributed by atoms with Crippen LogP contribution >= 0.6 is 11.3 Å². The van der Waals surface area contributed by atoms with Crippen LogP contribution in [-0.4, -0.2) is 29.2 Å². The largest absolute Gasteiger partial charge is 0.494 e. The number of ether oxygens (including phenoxy) is 3. The minimum atomic E-state index is -0.0692. The number of hydrogen-bond acceptors (Lipinski definition) is 6. The van der Waals surface area contributed by atoms with Gasteiger partial charge < -0.3 is 14.2 Å². The van der Waals surface area contributed by atoms with E-state index in [0.29, 0.717) is 28.5 Å². The lowest BCUT2D eigenvalue weighted by atomic mass is 10.2. The molecule has 190 valence electrons. The molecule has 0 fully saturated rings. The molecule has 0 saturated carbocycles. The average Bonchev–Trinajstić information content (AvgIpc) is 3.44. The van der Waals surface area contributed by atoms with E-state index in [1.165, 1.54) is 30.6 Å². The van der Waals surface area contributed by atoms with E-state index in [4.69, 9.17) is 14.2 Å². The number of benzene rings is 3. The molecule has 2 heterocycles. The smallest absolute Gasteiger partial charge is 0.274 e. The molecule has 3 aromatic carbocycles. The molecule has 5 rings (SSSR count). The zero-order valence-electron chi connectivity index (χ0n) is 20.9. The SMILES string of the molecule is CCCCCCOc1ccc(OCCOc2ccccc2/C=c2/sc3nc4ccccc4n3c2=O)cc1. The topological polar surface area (TPSA) is 62.1 Å². The Morgan fingerprint density at radius 2 is 1.51 bits per heavy atom. The van der Waals surface area contributed by atoms with Gasteiger partial charge in [-0.1, -0.05) is 67.9 Å². The van der Waals surface area contributed by atoms with E-state index in [-0.39, 0.29) is 5.56 Å². The molecule has 7 heteroatoms. The van der Waals surface area contributed by atoms with E-state index in [1.54, 1.807) is 4.40 Å². The van der Waals surface area contributed by atoms with Crippen molar-refractivity contribution in [2.24, 2.45) is 0 Å². The molecule has 2 aromatic heterocycles. The van der Waals surface area contributed by atoms with E-state index >= 15 is 0 Å². The number of fused-ring (bicyclic) bond motifs is 3. The summed E-state index contributed by atoms with van der Waals surface area (Å²) in [7, 11) is 0. The van der Waals surface area contributed by atoms with Gasteiger partial charge in [-0.05, 0) is 55.0 Å². The van der Waals surface area contributed by atoms with Gasteiger partial charge in [-0.25, -0.2) is 9.38 Å². The predicted molar refractivity (Wildman–Crippen MR) is 149 cm³/mol. The first-order chi connectivity index (χ1) is 18.2. The normalized spacial score (nSPS) is 11.9. The molecule has 0 amide bonds. The summed E-state index contributed by atoms with van der Waals surface area (Å²) in [6.45, 7) is 3.73. The second-order valence-electron chi connectivity index (χ2n) is 8.75. The van der Waals surface area contributed by atoms with Gasteiger partial charge in [0.05, 0.1) is 22.2 Å². The van der Waals surface area contributed by atoms with Gasteiger partial charge in [-0.3, -0.25) is 4.79 Å². The van der Waals surface area contributed by atoms with Crippen LogP contribution in [0.2, 0.25) is 0 Å². The summed E-state index contributed by atoms with van der Waals surface area (Å²) in [6.07, 6.45) is 6.63. The monoisotopic (exact) mass is 514 g/mol. The number of aromatic nitrogens is 2. The minimum absolute atomic E-state index is 0.0692. The van der Waals surface area contributed by atoms with Crippen LogP contribution in [0.5, 0.6) is 17.2 Å². The van der Waals surface area contributed by atoms with Crippen molar-refractivity contribution in [3.05, 3.63) is 93.2 Å². The van der Waals surface area contributed by atoms with E-state index in [0.717, 1.165) is 41.1 Å². The number of hydrogen-bond donors (Lipinski definition) is 0. The Kier molecular flexibility index (Phi) is 8.01. The van der Waals surface area contributed by atoms with Gasteiger partial charge in [0, 0.05) is 5.56 Å². The molecule has 0 aliphatic heterocycles. The number of para-hydroxylation sites is 3. The quantitative estimate of drug-likeness (QED) is 0.195. The maximum absolute atomic E-state index is 13.1. The van der Waals surface area contributed by atoms with Crippen LogP contribution in [0.4, 0.5) is 0 Å². The second kappa shape index (κ2) is 11.9. The fourth-order valence-electron chi connectivity index (χ4n) is 4.15. The van der Waals surface area contributed by atoms with Crippen molar-refractivity contribution in [3.63, 3.8) is 0 Å². The number of unbranched alkanes of at least 4 members (excludes halogenated alkanes) is 3. The molecule has 0 spiro atoms. The third-order valence-electron chi connectivity index (χ3n) is 6.05. The van der Waals surface area contributed by atoms with Crippen molar-refractivity contribution in [1.82, 2.24) is 9.38 Å². The second-order valence-corrected chi connectivity index (χ2v) is 9.76. The lowest BCUT2D eigenvalue weighted by molar-refractivity contribution is 0.216. The van der Waals surface area contributed by atoms with Crippen LogP contribution in [0.15, 0.2) is 77.6 Å². The van der Waals surface area contributed by atoms with Crippen LogP contribution in [0.25, 0.3) is 22.1 Å². The van der Waals surface area contributed by atoms with Crippen LogP contribution < -0.4 is 24.3 Å². The van der Waals surface area contributed by atoms with Crippen molar-refractivity contribution >= 4 is 33.4 Å². The first-order valence-electron chi connectivity index (χ1n) is 12.7. The molecule has 37 heavy (non-hydrogen) atoms. The summed E-state index contributed by atoms with van der Waals surface area (Å²) in [4.78, 5) is 18.4.